The fourth-order valence-corrected chi connectivity index (χ4v) is 2.83. The number of anilines is 2. The highest BCUT2D eigenvalue weighted by molar-refractivity contribution is 5.50. The number of likely N-dealkylation sites (N-methyl/N-ethyl adjacent to an activating group) is 1. The number of aryl methyl sites for hydroxylation is 1. The quantitative estimate of drug-likeness (QED) is 0.831. The van der Waals surface area contributed by atoms with Gasteiger partial charge in [0, 0.05) is 45.4 Å². The van der Waals surface area contributed by atoms with Crippen LogP contribution in [0.1, 0.15) is 24.6 Å². The molecule has 1 aliphatic carbocycles. The maximum Gasteiger partial charge on any atom is 0.268 e. The molecule has 1 saturated carbocycles. The molecule has 7 heteroatoms. The maximum atomic E-state index is 11.7. The van der Waals surface area contributed by atoms with Crippen LogP contribution in [-0.4, -0.2) is 45.9 Å². The minimum Gasteiger partial charge on any atom is -0.366 e. The predicted molar refractivity (Wildman–Crippen MR) is 87.9 cm³/mol. The van der Waals surface area contributed by atoms with Crippen molar-refractivity contribution in [1.29, 1.82) is 0 Å². The summed E-state index contributed by atoms with van der Waals surface area (Å²) in [5, 5.41) is 4.08. The zero-order chi connectivity index (χ0) is 16.0. The van der Waals surface area contributed by atoms with Crippen molar-refractivity contribution < 1.29 is 0 Å². The highest BCUT2D eigenvalue weighted by Crippen LogP contribution is 2.38. The van der Waals surface area contributed by atoms with E-state index in [1.807, 2.05) is 12.3 Å². The number of nitrogens with zero attached hydrogens (tertiary/aromatic N) is 6. The van der Waals surface area contributed by atoms with Crippen molar-refractivity contribution in [2.45, 2.75) is 24.8 Å². The van der Waals surface area contributed by atoms with Gasteiger partial charge in [0.2, 0.25) is 0 Å². The first-order chi connectivity index (χ1) is 11.1. The Bertz CT molecular complexity index is 778. The normalized spacial score (nSPS) is 17.9. The van der Waals surface area contributed by atoms with Crippen LogP contribution in [0.25, 0.3) is 0 Å². The smallest absolute Gasteiger partial charge is 0.268 e. The van der Waals surface area contributed by atoms with E-state index in [2.05, 4.69) is 26.9 Å². The van der Waals surface area contributed by atoms with Gasteiger partial charge in [0.25, 0.3) is 5.56 Å². The molecule has 23 heavy (non-hydrogen) atoms. The van der Waals surface area contributed by atoms with Gasteiger partial charge in [0.05, 0.1) is 17.9 Å². The van der Waals surface area contributed by atoms with E-state index in [-0.39, 0.29) is 5.56 Å². The van der Waals surface area contributed by atoms with Crippen LogP contribution in [0.2, 0.25) is 0 Å². The molecule has 1 aliphatic heterocycles. The Hall–Kier alpha value is -2.44. The first-order valence-electron chi connectivity index (χ1n) is 7.96. The molecular formula is C16H20N6O. The number of hydrogen-bond acceptors (Lipinski definition) is 6. The first kappa shape index (κ1) is 14.2. The molecule has 0 unspecified atom stereocenters. The van der Waals surface area contributed by atoms with Crippen molar-refractivity contribution >= 4 is 11.5 Å². The van der Waals surface area contributed by atoms with E-state index in [0.29, 0.717) is 12.0 Å². The molecule has 0 atom stereocenters. The summed E-state index contributed by atoms with van der Waals surface area (Å²) in [5.74, 6) is 2.52. The fraction of sp³-hybridized carbons (Fsp3) is 0.500. The van der Waals surface area contributed by atoms with E-state index in [0.717, 1.165) is 30.4 Å². The third-order valence-corrected chi connectivity index (χ3v) is 4.69. The number of hydrogen-bond donors (Lipinski definition) is 0. The van der Waals surface area contributed by atoms with E-state index >= 15 is 0 Å². The summed E-state index contributed by atoms with van der Waals surface area (Å²) in [4.78, 5) is 25.1. The lowest BCUT2D eigenvalue weighted by Gasteiger charge is -2.45. The van der Waals surface area contributed by atoms with E-state index in [9.17, 15) is 4.79 Å². The van der Waals surface area contributed by atoms with Gasteiger partial charge in [0.15, 0.2) is 0 Å². The van der Waals surface area contributed by atoms with Crippen LogP contribution < -0.4 is 15.4 Å². The van der Waals surface area contributed by atoms with Crippen molar-refractivity contribution in [3.8, 4) is 0 Å². The molecule has 7 nitrogen and oxygen atoms in total. The van der Waals surface area contributed by atoms with Gasteiger partial charge >= 0.3 is 0 Å². The van der Waals surface area contributed by atoms with Gasteiger partial charge in [-0.3, -0.25) is 4.79 Å². The van der Waals surface area contributed by atoms with Crippen molar-refractivity contribution in [3.63, 3.8) is 0 Å². The van der Waals surface area contributed by atoms with Crippen LogP contribution in [0.15, 0.2) is 29.3 Å². The van der Waals surface area contributed by atoms with Crippen LogP contribution in [0.5, 0.6) is 0 Å². The van der Waals surface area contributed by atoms with Crippen LogP contribution in [0.3, 0.4) is 0 Å². The molecule has 2 aliphatic rings. The van der Waals surface area contributed by atoms with Gasteiger partial charge in [-0.2, -0.15) is 5.10 Å². The average molecular weight is 312 g/mol. The van der Waals surface area contributed by atoms with E-state index in [1.54, 1.807) is 19.3 Å². The standard InChI is InChI=1S/C16H20N6O/c1-20(14-5-6-17-16(19-14)11-3-4-11)13-9-22(10-13)12-7-15(23)21(2)18-8-12/h5-8,11,13H,3-4,9-10H2,1-2H3. The van der Waals surface area contributed by atoms with E-state index in [1.165, 1.54) is 17.5 Å². The summed E-state index contributed by atoms with van der Waals surface area (Å²) in [6, 6.07) is 3.99. The third-order valence-electron chi connectivity index (χ3n) is 4.69. The maximum absolute atomic E-state index is 11.7. The van der Waals surface area contributed by atoms with Crippen LogP contribution in [-0.2, 0) is 7.05 Å². The van der Waals surface area contributed by atoms with Crippen molar-refractivity contribution in [3.05, 3.63) is 40.7 Å². The fourth-order valence-electron chi connectivity index (χ4n) is 2.83. The Balaban J connectivity index is 1.43. The monoisotopic (exact) mass is 312 g/mol. The molecule has 2 fully saturated rings. The molecule has 0 amide bonds. The summed E-state index contributed by atoms with van der Waals surface area (Å²) in [6.45, 7) is 1.74. The zero-order valence-corrected chi connectivity index (χ0v) is 13.4. The van der Waals surface area contributed by atoms with Crippen molar-refractivity contribution in [2.75, 3.05) is 29.9 Å². The summed E-state index contributed by atoms with van der Waals surface area (Å²) < 4.78 is 1.34. The van der Waals surface area contributed by atoms with Crippen LogP contribution >= 0.6 is 0 Å². The molecule has 4 rings (SSSR count). The Morgan fingerprint density at radius 2 is 2.09 bits per heavy atom. The summed E-state index contributed by atoms with van der Waals surface area (Å²) >= 11 is 0. The molecule has 0 spiro atoms. The van der Waals surface area contributed by atoms with Gasteiger partial charge in [-0.1, -0.05) is 0 Å². The predicted octanol–water partition coefficient (Wildman–Crippen LogP) is 0.773. The molecule has 0 bridgehead atoms. The molecular weight excluding hydrogens is 292 g/mol. The minimum atomic E-state index is -0.0795. The second-order valence-electron chi connectivity index (χ2n) is 6.39. The van der Waals surface area contributed by atoms with E-state index < -0.39 is 0 Å². The van der Waals surface area contributed by atoms with Gasteiger partial charge in [-0.15, -0.1) is 0 Å². The Morgan fingerprint density at radius 1 is 1.30 bits per heavy atom. The lowest BCUT2D eigenvalue weighted by molar-refractivity contribution is 0.491. The van der Waals surface area contributed by atoms with E-state index in [4.69, 9.17) is 4.98 Å². The molecule has 2 aromatic rings. The van der Waals surface area contributed by atoms with Crippen molar-refractivity contribution in [1.82, 2.24) is 19.7 Å². The highest BCUT2D eigenvalue weighted by Gasteiger charge is 2.32. The Kier molecular flexibility index (Phi) is 3.28. The largest absolute Gasteiger partial charge is 0.366 e. The number of rotatable bonds is 4. The van der Waals surface area contributed by atoms with Crippen molar-refractivity contribution in [2.24, 2.45) is 7.05 Å². The Labute approximate surface area is 134 Å². The molecule has 0 N–H and O–H groups in total. The number of aromatic nitrogens is 4. The molecule has 120 valence electrons. The molecule has 2 aromatic heterocycles. The lowest BCUT2D eigenvalue weighted by atomic mass is 10.1. The second kappa shape index (κ2) is 5.33. The Morgan fingerprint density at radius 3 is 2.78 bits per heavy atom. The summed E-state index contributed by atoms with van der Waals surface area (Å²) in [6.07, 6.45) is 6.02. The molecule has 3 heterocycles. The summed E-state index contributed by atoms with van der Waals surface area (Å²) in [7, 11) is 3.73. The van der Waals surface area contributed by atoms with Crippen LogP contribution in [0.4, 0.5) is 11.5 Å². The van der Waals surface area contributed by atoms with Gasteiger partial charge < -0.3 is 9.80 Å². The topological polar surface area (TPSA) is 67.2 Å². The lowest BCUT2D eigenvalue weighted by Crippen LogP contribution is -2.59. The highest BCUT2D eigenvalue weighted by atomic mass is 16.1. The molecule has 0 radical (unpaired) electrons. The summed E-state index contributed by atoms with van der Waals surface area (Å²) in [5.41, 5.74) is 0.809. The average Bonchev–Trinajstić information content (AvgIpc) is 3.34. The molecule has 1 saturated heterocycles. The SMILES string of the molecule is CN(c1ccnc(C2CC2)n1)C1CN(c2cnn(C)c(=O)c2)C1. The molecule has 0 aromatic carbocycles. The minimum absolute atomic E-state index is 0.0795. The second-order valence-corrected chi connectivity index (χ2v) is 6.39. The van der Waals surface area contributed by atoms with Gasteiger partial charge in [-0.25, -0.2) is 14.6 Å². The van der Waals surface area contributed by atoms with Gasteiger partial charge in [0.1, 0.15) is 11.6 Å². The van der Waals surface area contributed by atoms with Crippen LogP contribution in [0, 0.1) is 0 Å². The zero-order valence-electron chi connectivity index (χ0n) is 13.4. The third kappa shape index (κ3) is 2.67. The first-order valence-corrected chi connectivity index (χ1v) is 7.96. The van der Waals surface area contributed by atoms with Gasteiger partial charge in [-0.05, 0) is 18.9 Å².